The Bertz CT molecular complexity index is 679. The van der Waals surface area contributed by atoms with Crippen LogP contribution in [0.3, 0.4) is 0 Å². The van der Waals surface area contributed by atoms with Crippen molar-refractivity contribution in [1.29, 1.82) is 0 Å². The Kier molecular flexibility index (Phi) is 3.68. The second-order valence-electron chi connectivity index (χ2n) is 6.06. The van der Waals surface area contributed by atoms with E-state index >= 15 is 0 Å². The number of fused-ring (bicyclic) bond motifs is 1. The first-order chi connectivity index (χ1) is 9.97. The Hall–Kier alpha value is -1.51. The van der Waals surface area contributed by atoms with Crippen LogP contribution in [0.5, 0.6) is 5.75 Å². The first kappa shape index (κ1) is 14.4. The Morgan fingerprint density at radius 2 is 2.05 bits per heavy atom. The SMILES string of the molecule is Cc1ccccc1C(C)(N)Cc1cc(Cl)cc2c1OCC2. The minimum Gasteiger partial charge on any atom is -0.493 e. The fourth-order valence-corrected chi connectivity index (χ4v) is 3.45. The van der Waals surface area contributed by atoms with Gasteiger partial charge in [-0.2, -0.15) is 0 Å². The summed E-state index contributed by atoms with van der Waals surface area (Å²) in [6, 6.07) is 12.2. The molecule has 110 valence electrons. The fourth-order valence-electron chi connectivity index (χ4n) is 3.18. The molecule has 0 saturated heterocycles. The third-order valence-electron chi connectivity index (χ3n) is 4.14. The van der Waals surface area contributed by atoms with E-state index in [-0.39, 0.29) is 0 Å². The fraction of sp³-hybridized carbons (Fsp3) is 0.333. The highest BCUT2D eigenvalue weighted by molar-refractivity contribution is 6.30. The van der Waals surface area contributed by atoms with E-state index in [9.17, 15) is 0 Å². The third kappa shape index (κ3) is 2.78. The summed E-state index contributed by atoms with van der Waals surface area (Å²) in [7, 11) is 0. The maximum absolute atomic E-state index is 6.62. The molecule has 2 aromatic carbocycles. The summed E-state index contributed by atoms with van der Waals surface area (Å²) in [5.41, 5.74) is 10.8. The lowest BCUT2D eigenvalue weighted by Crippen LogP contribution is -2.36. The molecule has 1 heterocycles. The Morgan fingerprint density at radius 3 is 2.81 bits per heavy atom. The van der Waals surface area contributed by atoms with Gasteiger partial charge in [-0.1, -0.05) is 35.9 Å². The normalized spacial score (nSPS) is 16.2. The standard InChI is InChI=1S/C18H20ClNO/c1-12-5-3-4-6-16(12)18(2,20)11-14-10-15(19)9-13-7-8-21-17(13)14/h3-6,9-10H,7-8,11,20H2,1-2H3. The minimum absolute atomic E-state index is 0.449. The molecular weight excluding hydrogens is 282 g/mol. The van der Waals surface area contributed by atoms with Crippen LogP contribution in [0.4, 0.5) is 0 Å². The van der Waals surface area contributed by atoms with E-state index in [1.54, 1.807) is 0 Å². The third-order valence-corrected chi connectivity index (χ3v) is 4.36. The zero-order chi connectivity index (χ0) is 15.0. The maximum atomic E-state index is 6.62. The lowest BCUT2D eigenvalue weighted by atomic mass is 9.83. The van der Waals surface area contributed by atoms with Gasteiger partial charge in [0.2, 0.25) is 0 Å². The molecule has 0 saturated carbocycles. The van der Waals surface area contributed by atoms with E-state index in [4.69, 9.17) is 22.1 Å². The van der Waals surface area contributed by atoms with Crippen molar-refractivity contribution in [3.8, 4) is 5.75 Å². The molecule has 0 bridgehead atoms. The van der Waals surface area contributed by atoms with Crippen molar-refractivity contribution < 1.29 is 4.74 Å². The smallest absolute Gasteiger partial charge is 0.125 e. The van der Waals surface area contributed by atoms with E-state index in [2.05, 4.69) is 26.0 Å². The molecule has 1 aliphatic heterocycles. The number of nitrogens with two attached hydrogens (primary N) is 1. The van der Waals surface area contributed by atoms with Gasteiger partial charge in [0.15, 0.2) is 0 Å². The van der Waals surface area contributed by atoms with Crippen molar-refractivity contribution in [2.45, 2.75) is 32.2 Å². The number of hydrogen-bond acceptors (Lipinski definition) is 2. The quantitative estimate of drug-likeness (QED) is 0.930. The van der Waals surface area contributed by atoms with Crippen LogP contribution in [0, 0.1) is 6.92 Å². The number of halogens is 1. The molecular formula is C18H20ClNO. The van der Waals surface area contributed by atoms with Gasteiger partial charge in [-0.15, -0.1) is 0 Å². The molecule has 1 atom stereocenters. The first-order valence-corrected chi connectivity index (χ1v) is 7.64. The van der Waals surface area contributed by atoms with Gasteiger partial charge >= 0.3 is 0 Å². The van der Waals surface area contributed by atoms with Gasteiger partial charge < -0.3 is 10.5 Å². The molecule has 21 heavy (non-hydrogen) atoms. The Morgan fingerprint density at radius 1 is 1.29 bits per heavy atom. The monoisotopic (exact) mass is 301 g/mol. The highest BCUT2D eigenvalue weighted by Crippen LogP contribution is 2.36. The predicted molar refractivity (Wildman–Crippen MR) is 87.1 cm³/mol. The molecule has 2 nitrogen and oxygen atoms in total. The van der Waals surface area contributed by atoms with Gasteiger partial charge in [0.25, 0.3) is 0 Å². The molecule has 2 aromatic rings. The number of aryl methyl sites for hydroxylation is 1. The van der Waals surface area contributed by atoms with Gasteiger partial charge in [0.05, 0.1) is 6.61 Å². The van der Waals surface area contributed by atoms with Crippen molar-refractivity contribution in [3.05, 3.63) is 63.7 Å². The van der Waals surface area contributed by atoms with Crippen LogP contribution in [0.15, 0.2) is 36.4 Å². The van der Waals surface area contributed by atoms with Gasteiger partial charge in [0.1, 0.15) is 5.75 Å². The van der Waals surface area contributed by atoms with Gasteiger partial charge in [-0.25, -0.2) is 0 Å². The van der Waals surface area contributed by atoms with E-state index < -0.39 is 5.54 Å². The molecule has 0 spiro atoms. The summed E-state index contributed by atoms with van der Waals surface area (Å²) in [5.74, 6) is 0.977. The van der Waals surface area contributed by atoms with Gasteiger partial charge in [-0.3, -0.25) is 0 Å². The van der Waals surface area contributed by atoms with E-state index in [1.165, 1.54) is 11.1 Å². The molecule has 1 unspecified atom stereocenters. The lowest BCUT2D eigenvalue weighted by Gasteiger charge is -2.28. The molecule has 1 aliphatic rings. The highest BCUT2D eigenvalue weighted by Gasteiger charge is 2.27. The summed E-state index contributed by atoms with van der Waals surface area (Å²) in [4.78, 5) is 0. The van der Waals surface area contributed by atoms with Crippen LogP contribution in [-0.4, -0.2) is 6.61 Å². The number of hydrogen-bond donors (Lipinski definition) is 1. The number of ether oxygens (including phenoxy) is 1. The van der Waals surface area contributed by atoms with Crippen LogP contribution in [0.1, 0.15) is 29.2 Å². The molecule has 0 aliphatic carbocycles. The second kappa shape index (κ2) is 5.36. The Labute approximate surface area is 130 Å². The van der Waals surface area contributed by atoms with E-state index in [1.807, 2.05) is 24.3 Å². The van der Waals surface area contributed by atoms with Crippen molar-refractivity contribution in [2.24, 2.45) is 5.73 Å². The van der Waals surface area contributed by atoms with Crippen LogP contribution < -0.4 is 10.5 Å². The van der Waals surface area contributed by atoms with E-state index in [0.29, 0.717) is 6.42 Å². The van der Waals surface area contributed by atoms with Gasteiger partial charge in [0, 0.05) is 17.0 Å². The molecule has 0 amide bonds. The lowest BCUT2D eigenvalue weighted by molar-refractivity contribution is 0.349. The topological polar surface area (TPSA) is 35.2 Å². The molecule has 2 N–H and O–H groups in total. The van der Waals surface area contributed by atoms with Crippen LogP contribution >= 0.6 is 11.6 Å². The highest BCUT2D eigenvalue weighted by atomic mass is 35.5. The minimum atomic E-state index is -0.449. The average molecular weight is 302 g/mol. The summed E-state index contributed by atoms with van der Waals surface area (Å²) in [5, 5.41) is 0.759. The first-order valence-electron chi connectivity index (χ1n) is 7.26. The molecule has 3 heteroatoms. The summed E-state index contributed by atoms with van der Waals surface area (Å²) in [6.07, 6.45) is 1.63. The molecule has 3 rings (SSSR count). The predicted octanol–water partition coefficient (Wildman–Crippen LogP) is 4.00. The van der Waals surface area contributed by atoms with Crippen LogP contribution in [0.2, 0.25) is 5.02 Å². The molecule has 0 radical (unpaired) electrons. The number of rotatable bonds is 3. The zero-order valence-corrected chi connectivity index (χ0v) is 13.2. The maximum Gasteiger partial charge on any atom is 0.125 e. The van der Waals surface area contributed by atoms with Crippen LogP contribution in [0.25, 0.3) is 0 Å². The summed E-state index contributed by atoms with van der Waals surface area (Å²) in [6.45, 7) is 4.89. The van der Waals surface area contributed by atoms with E-state index in [0.717, 1.165) is 34.9 Å². The van der Waals surface area contributed by atoms with Crippen molar-refractivity contribution in [3.63, 3.8) is 0 Å². The summed E-state index contributed by atoms with van der Waals surface area (Å²) >= 11 is 6.24. The average Bonchev–Trinajstić information content (AvgIpc) is 2.86. The molecule has 0 fully saturated rings. The van der Waals surface area contributed by atoms with Crippen molar-refractivity contribution in [1.82, 2.24) is 0 Å². The van der Waals surface area contributed by atoms with Gasteiger partial charge in [-0.05, 0) is 54.7 Å². The largest absolute Gasteiger partial charge is 0.493 e. The van der Waals surface area contributed by atoms with Crippen molar-refractivity contribution >= 4 is 11.6 Å². The van der Waals surface area contributed by atoms with Crippen molar-refractivity contribution in [2.75, 3.05) is 6.61 Å². The Balaban J connectivity index is 1.99. The molecule has 0 aromatic heterocycles. The summed E-state index contributed by atoms with van der Waals surface area (Å²) < 4.78 is 5.78. The zero-order valence-electron chi connectivity index (χ0n) is 12.4. The number of benzene rings is 2. The second-order valence-corrected chi connectivity index (χ2v) is 6.50. The van der Waals surface area contributed by atoms with Crippen LogP contribution in [-0.2, 0) is 18.4 Å².